The van der Waals surface area contributed by atoms with E-state index in [9.17, 15) is 9.59 Å². The molecule has 0 aliphatic rings. The SMILES string of the molecule is COc1cccc(C(=O)N/N=C/c2cc(Br)ccc2OCC(=O)Nc2ccc(C)cc2)c1. The maximum Gasteiger partial charge on any atom is 0.271 e. The Morgan fingerprint density at radius 2 is 1.84 bits per heavy atom. The fourth-order valence-electron chi connectivity index (χ4n) is 2.72. The van der Waals surface area contributed by atoms with E-state index in [-0.39, 0.29) is 18.4 Å². The molecule has 0 unspecified atom stereocenters. The van der Waals surface area contributed by atoms with Crippen LogP contribution in [0, 0.1) is 6.92 Å². The molecule has 0 saturated heterocycles. The van der Waals surface area contributed by atoms with Gasteiger partial charge in [-0.2, -0.15) is 5.10 Å². The minimum atomic E-state index is -0.380. The van der Waals surface area contributed by atoms with Gasteiger partial charge >= 0.3 is 0 Å². The maximum atomic E-state index is 12.3. The van der Waals surface area contributed by atoms with Crippen LogP contribution in [0.3, 0.4) is 0 Å². The predicted octanol–water partition coefficient (Wildman–Crippen LogP) is 4.55. The molecule has 0 bridgehead atoms. The van der Waals surface area contributed by atoms with Crippen molar-refractivity contribution in [2.75, 3.05) is 19.0 Å². The van der Waals surface area contributed by atoms with Crippen LogP contribution in [0.5, 0.6) is 11.5 Å². The second kappa shape index (κ2) is 11.1. The Morgan fingerprint density at radius 1 is 1.06 bits per heavy atom. The zero-order chi connectivity index (χ0) is 22.9. The number of aryl methyl sites for hydroxylation is 1. The third-order valence-corrected chi connectivity index (χ3v) is 4.86. The summed E-state index contributed by atoms with van der Waals surface area (Å²) < 4.78 is 11.6. The van der Waals surface area contributed by atoms with Gasteiger partial charge in [-0.25, -0.2) is 5.43 Å². The largest absolute Gasteiger partial charge is 0.497 e. The molecule has 0 spiro atoms. The number of halogens is 1. The summed E-state index contributed by atoms with van der Waals surface area (Å²) in [6, 6.07) is 19.5. The standard InChI is InChI=1S/C24H22BrN3O4/c1-16-6-9-20(10-7-16)27-23(29)15-32-22-11-8-19(25)12-18(22)14-26-28-24(30)17-4-3-5-21(13-17)31-2/h3-14H,15H2,1-2H3,(H,27,29)(H,28,30)/b26-14+. The lowest BCUT2D eigenvalue weighted by molar-refractivity contribution is -0.118. The number of amides is 2. The van der Waals surface area contributed by atoms with Crippen LogP contribution >= 0.6 is 15.9 Å². The highest BCUT2D eigenvalue weighted by Crippen LogP contribution is 2.22. The summed E-state index contributed by atoms with van der Waals surface area (Å²) in [6.07, 6.45) is 1.45. The van der Waals surface area contributed by atoms with E-state index in [1.54, 1.807) is 42.5 Å². The second-order valence-corrected chi connectivity index (χ2v) is 7.73. The van der Waals surface area contributed by atoms with E-state index in [1.165, 1.54) is 13.3 Å². The van der Waals surface area contributed by atoms with Gasteiger partial charge in [0.15, 0.2) is 6.61 Å². The molecule has 2 N–H and O–H groups in total. The van der Waals surface area contributed by atoms with Crippen molar-refractivity contribution in [2.24, 2.45) is 5.10 Å². The summed E-state index contributed by atoms with van der Waals surface area (Å²) in [6.45, 7) is 1.80. The third-order valence-electron chi connectivity index (χ3n) is 4.37. The maximum absolute atomic E-state index is 12.3. The average Bonchev–Trinajstić information content (AvgIpc) is 2.80. The third kappa shape index (κ3) is 6.68. The molecule has 164 valence electrons. The summed E-state index contributed by atoms with van der Waals surface area (Å²) in [5, 5.41) is 6.79. The van der Waals surface area contributed by atoms with Crippen molar-refractivity contribution in [3.63, 3.8) is 0 Å². The van der Waals surface area contributed by atoms with Gasteiger partial charge in [-0.1, -0.05) is 39.7 Å². The first-order valence-corrected chi connectivity index (χ1v) is 10.5. The lowest BCUT2D eigenvalue weighted by Crippen LogP contribution is -2.20. The molecule has 0 heterocycles. The Labute approximate surface area is 194 Å². The molecule has 32 heavy (non-hydrogen) atoms. The van der Waals surface area contributed by atoms with Crippen LogP contribution in [0.25, 0.3) is 0 Å². The van der Waals surface area contributed by atoms with Crippen molar-refractivity contribution in [3.8, 4) is 11.5 Å². The predicted molar refractivity (Wildman–Crippen MR) is 127 cm³/mol. The monoisotopic (exact) mass is 495 g/mol. The molecule has 3 aromatic rings. The first-order chi connectivity index (χ1) is 15.4. The number of hydrogen-bond acceptors (Lipinski definition) is 5. The van der Waals surface area contributed by atoms with E-state index in [2.05, 4.69) is 31.8 Å². The molecule has 2 amide bonds. The van der Waals surface area contributed by atoms with E-state index in [0.29, 0.717) is 28.3 Å². The first-order valence-electron chi connectivity index (χ1n) is 9.71. The van der Waals surface area contributed by atoms with Crippen molar-refractivity contribution in [3.05, 3.63) is 87.9 Å². The number of nitrogens with zero attached hydrogens (tertiary/aromatic N) is 1. The number of hydrogen-bond donors (Lipinski definition) is 2. The number of carbonyl (C=O) groups excluding carboxylic acids is 2. The van der Waals surface area contributed by atoms with E-state index < -0.39 is 0 Å². The van der Waals surface area contributed by atoms with Gasteiger partial charge in [0, 0.05) is 21.3 Å². The Balaban J connectivity index is 1.62. The number of anilines is 1. The van der Waals surface area contributed by atoms with Crippen LogP contribution < -0.4 is 20.2 Å². The summed E-state index contributed by atoms with van der Waals surface area (Å²) in [4.78, 5) is 24.5. The summed E-state index contributed by atoms with van der Waals surface area (Å²) >= 11 is 3.40. The molecule has 0 aliphatic carbocycles. The average molecular weight is 496 g/mol. The van der Waals surface area contributed by atoms with Gasteiger partial charge in [0.2, 0.25) is 0 Å². The molecule has 0 aliphatic heterocycles. The minimum Gasteiger partial charge on any atom is -0.497 e. The molecule has 0 aromatic heterocycles. The fraction of sp³-hybridized carbons (Fsp3) is 0.125. The zero-order valence-electron chi connectivity index (χ0n) is 17.6. The number of ether oxygens (including phenoxy) is 2. The summed E-state index contributed by atoms with van der Waals surface area (Å²) in [5.41, 5.74) is 5.28. The topological polar surface area (TPSA) is 89.0 Å². The molecular formula is C24H22BrN3O4. The quantitative estimate of drug-likeness (QED) is 0.354. The summed E-state index contributed by atoms with van der Waals surface area (Å²) in [7, 11) is 1.53. The number of methoxy groups -OCH3 is 1. The van der Waals surface area contributed by atoms with Gasteiger partial charge in [0.25, 0.3) is 11.8 Å². The Kier molecular flexibility index (Phi) is 7.99. The van der Waals surface area contributed by atoms with Gasteiger partial charge in [-0.3, -0.25) is 9.59 Å². The molecular weight excluding hydrogens is 474 g/mol. The van der Waals surface area contributed by atoms with Crippen LogP contribution in [0.15, 0.2) is 76.3 Å². The molecule has 3 aromatic carbocycles. The normalized spacial score (nSPS) is 10.6. The zero-order valence-corrected chi connectivity index (χ0v) is 19.2. The number of carbonyl (C=O) groups is 2. The van der Waals surface area contributed by atoms with Crippen molar-refractivity contribution in [1.82, 2.24) is 5.43 Å². The highest BCUT2D eigenvalue weighted by Gasteiger charge is 2.09. The number of benzene rings is 3. The van der Waals surface area contributed by atoms with Crippen LogP contribution in [0.1, 0.15) is 21.5 Å². The molecule has 7 nitrogen and oxygen atoms in total. The molecule has 0 fully saturated rings. The Hall–Kier alpha value is -3.65. The number of nitrogens with one attached hydrogen (secondary N) is 2. The molecule has 3 rings (SSSR count). The van der Waals surface area contributed by atoms with E-state index in [1.807, 2.05) is 31.2 Å². The van der Waals surface area contributed by atoms with Gasteiger partial charge < -0.3 is 14.8 Å². The minimum absolute atomic E-state index is 0.174. The summed E-state index contributed by atoms with van der Waals surface area (Å²) in [5.74, 6) is 0.362. The molecule has 8 heteroatoms. The van der Waals surface area contributed by atoms with Crippen molar-refractivity contribution in [2.45, 2.75) is 6.92 Å². The van der Waals surface area contributed by atoms with Crippen LogP contribution in [0.2, 0.25) is 0 Å². The molecule has 0 atom stereocenters. The number of hydrazone groups is 1. The highest BCUT2D eigenvalue weighted by atomic mass is 79.9. The Morgan fingerprint density at radius 3 is 2.59 bits per heavy atom. The second-order valence-electron chi connectivity index (χ2n) is 6.82. The van der Waals surface area contributed by atoms with E-state index in [4.69, 9.17) is 9.47 Å². The van der Waals surface area contributed by atoms with Gasteiger partial charge in [-0.05, 0) is 55.5 Å². The van der Waals surface area contributed by atoms with Gasteiger partial charge in [0.1, 0.15) is 11.5 Å². The smallest absolute Gasteiger partial charge is 0.271 e. The first kappa shape index (κ1) is 23.0. The lowest BCUT2D eigenvalue weighted by Gasteiger charge is -2.10. The lowest BCUT2D eigenvalue weighted by atomic mass is 10.2. The molecule has 0 radical (unpaired) electrons. The van der Waals surface area contributed by atoms with Crippen LogP contribution in [0.4, 0.5) is 5.69 Å². The fourth-order valence-corrected chi connectivity index (χ4v) is 3.10. The van der Waals surface area contributed by atoms with E-state index >= 15 is 0 Å². The van der Waals surface area contributed by atoms with Crippen molar-refractivity contribution in [1.29, 1.82) is 0 Å². The van der Waals surface area contributed by atoms with Gasteiger partial charge in [0.05, 0.1) is 13.3 Å². The van der Waals surface area contributed by atoms with Crippen LogP contribution in [-0.2, 0) is 4.79 Å². The van der Waals surface area contributed by atoms with E-state index in [0.717, 1.165) is 10.0 Å². The van der Waals surface area contributed by atoms with Gasteiger partial charge in [-0.15, -0.1) is 0 Å². The highest BCUT2D eigenvalue weighted by molar-refractivity contribution is 9.10. The molecule has 0 saturated carbocycles. The van der Waals surface area contributed by atoms with Crippen LogP contribution in [-0.4, -0.2) is 31.7 Å². The van der Waals surface area contributed by atoms with Crippen molar-refractivity contribution >= 4 is 39.6 Å². The number of rotatable bonds is 8. The Bertz CT molecular complexity index is 1130. The van der Waals surface area contributed by atoms with Crippen molar-refractivity contribution < 1.29 is 19.1 Å².